The molecule has 0 saturated carbocycles. The van der Waals surface area contributed by atoms with Gasteiger partial charge >= 0.3 is 19.8 Å². The van der Waals surface area contributed by atoms with Crippen LogP contribution in [0.25, 0.3) is 0 Å². The zero-order chi connectivity index (χ0) is 35.6. The van der Waals surface area contributed by atoms with Gasteiger partial charge in [-0.15, -0.1) is 0 Å². The van der Waals surface area contributed by atoms with Crippen LogP contribution in [0.4, 0.5) is 0 Å². The number of carbonyl (C=O) groups is 2. The van der Waals surface area contributed by atoms with Gasteiger partial charge in [0.2, 0.25) is 0 Å². The monoisotopic (exact) mass is 693 g/mol. The van der Waals surface area contributed by atoms with Gasteiger partial charge in [-0.1, -0.05) is 168 Å². The number of carbonyl (C=O) groups excluding carboxylic acids is 2. The highest BCUT2D eigenvalue weighted by atomic mass is 31.2. The second-order valence-electron chi connectivity index (χ2n) is 13.1. The van der Waals surface area contributed by atoms with E-state index in [2.05, 4.69) is 18.4 Å². The van der Waals surface area contributed by atoms with E-state index in [9.17, 15) is 19.0 Å². The van der Waals surface area contributed by atoms with Gasteiger partial charge in [0.1, 0.15) is 6.61 Å². The summed E-state index contributed by atoms with van der Waals surface area (Å²) in [5, 5.41) is 0. The molecule has 0 aromatic rings. The van der Waals surface area contributed by atoms with Crippen molar-refractivity contribution in [2.24, 2.45) is 5.73 Å². The van der Waals surface area contributed by atoms with Gasteiger partial charge in [-0.3, -0.25) is 18.6 Å². The van der Waals surface area contributed by atoms with Crippen molar-refractivity contribution in [1.82, 2.24) is 0 Å². The van der Waals surface area contributed by atoms with E-state index in [4.69, 9.17) is 21.1 Å². The standard InChI is InChI=1S/C37H74NO8P/c1-3-5-7-9-11-13-15-17-19-21-23-25-27-29-36(39)43-33-35(34-45-47(41,42)44-32-31-38)46-37(40)30-28-26-24-22-20-18-16-14-12-10-8-6-4-2/h35H,3-34,38H2,1-2H3,(H,41,42)/t35-/m1/s1/i32D/t32?,35-. The summed E-state index contributed by atoms with van der Waals surface area (Å²) in [5.74, 6) is -0.887. The lowest BCUT2D eigenvalue weighted by molar-refractivity contribution is -0.161. The Morgan fingerprint density at radius 1 is 0.596 bits per heavy atom. The van der Waals surface area contributed by atoms with Crippen molar-refractivity contribution in [3.8, 4) is 0 Å². The summed E-state index contributed by atoms with van der Waals surface area (Å²) in [6.07, 6.45) is 30.8. The third kappa shape index (κ3) is 34.7. The van der Waals surface area contributed by atoms with Gasteiger partial charge in [-0.25, -0.2) is 4.57 Å². The maximum atomic E-state index is 12.5. The van der Waals surface area contributed by atoms with Crippen LogP contribution in [0.2, 0.25) is 0 Å². The lowest BCUT2D eigenvalue weighted by atomic mass is 10.0. The van der Waals surface area contributed by atoms with Crippen LogP contribution < -0.4 is 5.73 Å². The van der Waals surface area contributed by atoms with Gasteiger partial charge in [-0.05, 0) is 12.8 Å². The normalized spacial score (nSPS) is 14.3. The van der Waals surface area contributed by atoms with Crippen molar-refractivity contribution in [2.45, 2.75) is 200 Å². The number of hydrogen-bond donors (Lipinski definition) is 2. The number of phosphoric ester groups is 1. The second kappa shape index (κ2) is 34.9. The van der Waals surface area contributed by atoms with E-state index in [1.807, 2.05) is 0 Å². The van der Waals surface area contributed by atoms with Gasteiger partial charge in [0, 0.05) is 19.4 Å². The number of esters is 2. The third-order valence-electron chi connectivity index (χ3n) is 8.42. The fourth-order valence-electron chi connectivity index (χ4n) is 5.54. The fourth-order valence-corrected chi connectivity index (χ4v) is 6.23. The molecule has 0 aromatic heterocycles. The van der Waals surface area contributed by atoms with E-state index in [-0.39, 0.29) is 26.0 Å². The van der Waals surface area contributed by atoms with Crippen LogP contribution in [-0.2, 0) is 32.7 Å². The largest absolute Gasteiger partial charge is 0.472 e. The van der Waals surface area contributed by atoms with E-state index < -0.39 is 39.1 Å². The number of rotatable bonds is 37. The Labute approximate surface area is 290 Å². The predicted octanol–water partition coefficient (Wildman–Crippen LogP) is 10.5. The molecule has 10 heteroatoms. The van der Waals surface area contributed by atoms with Gasteiger partial charge in [0.15, 0.2) is 6.10 Å². The number of hydrogen-bond acceptors (Lipinski definition) is 8. The molecule has 0 aliphatic heterocycles. The third-order valence-corrected chi connectivity index (χ3v) is 9.32. The number of unbranched alkanes of at least 4 members (excludes halogenated alkanes) is 24. The second-order valence-corrected chi connectivity index (χ2v) is 14.5. The Balaban J connectivity index is 4.26. The molecule has 0 spiro atoms. The quantitative estimate of drug-likeness (QED) is 0.0370. The highest BCUT2D eigenvalue weighted by molar-refractivity contribution is 7.47. The molecule has 0 aliphatic rings. The van der Waals surface area contributed by atoms with Crippen LogP contribution in [0.15, 0.2) is 0 Å². The molecule has 0 amide bonds. The lowest BCUT2D eigenvalue weighted by Crippen LogP contribution is -2.29. The van der Waals surface area contributed by atoms with Crippen molar-refractivity contribution >= 4 is 19.8 Å². The van der Waals surface area contributed by atoms with Crippen LogP contribution >= 0.6 is 7.82 Å². The van der Waals surface area contributed by atoms with Crippen LogP contribution in [0, 0.1) is 0 Å². The molecule has 47 heavy (non-hydrogen) atoms. The Bertz CT molecular complexity index is 790. The molecule has 0 aromatic carbocycles. The Morgan fingerprint density at radius 3 is 1.34 bits per heavy atom. The summed E-state index contributed by atoms with van der Waals surface area (Å²) in [4.78, 5) is 34.8. The van der Waals surface area contributed by atoms with Gasteiger partial charge in [-0.2, -0.15) is 0 Å². The molecule has 3 atom stereocenters. The van der Waals surface area contributed by atoms with E-state index in [1.165, 1.54) is 122 Å². The van der Waals surface area contributed by atoms with E-state index in [1.54, 1.807) is 0 Å². The summed E-state index contributed by atoms with van der Waals surface area (Å²) >= 11 is 0. The summed E-state index contributed by atoms with van der Waals surface area (Å²) in [6, 6.07) is 0. The fraction of sp³-hybridized carbons (Fsp3) is 0.946. The molecule has 0 aliphatic carbocycles. The molecule has 280 valence electrons. The Morgan fingerprint density at radius 2 is 0.957 bits per heavy atom. The first-order valence-electron chi connectivity index (χ1n) is 19.9. The zero-order valence-corrected chi connectivity index (χ0v) is 31.3. The maximum Gasteiger partial charge on any atom is 0.472 e. The SMILES string of the molecule is [2H]C(CN)OP(=O)(O)OC[C@@H](COC(=O)CCCCCCCCCCCCCCC)OC(=O)CCCCCCCCCCCCCCC. The molecule has 0 heterocycles. The average molecular weight is 693 g/mol. The van der Waals surface area contributed by atoms with Gasteiger partial charge in [0.25, 0.3) is 0 Å². The number of ether oxygens (including phenoxy) is 2. The highest BCUT2D eigenvalue weighted by Crippen LogP contribution is 2.43. The molecule has 2 unspecified atom stereocenters. The molecular weight excluding hydrogens is 617 g/mol. The van der Waals surface area contributed by atoms with Crippen molar-refractivity contribution in [3.05, 3.63) is 0 Å². The van der Waals surface area contributed by atoms with Crippen molar-refractivity contribution in [2.75, 3.05) is 26.3 Å². The summed E-state index contributed by atoms with van der Waals surface area (Å²) < 4.78 is 40.0. The number of phosphoric acid groups is 1. The van der Waals surface area contributed by atoms with Gasteiger partial charge in [0.05, 0.1) is 14.6 Å². The Kier molecular flexibility index (Phi) is 32.7. The first-order valence-corrected chi connectivity index (χ1v) is 20.9. The molecule has 9 nitrogen and oxygen atoms in total. The van der Waals surface area contributed by atoms with Crippen molar-refractivity contribution < 1.29 is 38.9 Å². The first kappa shape index (κ1) is 44.0. The Hall–Kier alpha value is -0.990. The van der Waals surface area contributed by atoms with Crippen LogP contribution in [0.1, 0.15) is 195 Å². The molecule has 0 fully saturated rings. The first-order chi connectivity index (χ1) is 23.2. The van der Waals surface area contributed by atoms with Crippen LogP contribution in [0.3, 0.4) is 0 Å². The van der Waals surface area contributed by atoms with E-state index in [0.717, 1.165) is 38.5 Å². The molecular formula is C37H74NO8P. The number of nitrogens with two attached hydrogens (primary N) is 1. The predicted molar refractivity (Wildman–Crippen MR) is 192 cm³/mol. The maximum absolute atomic E-state index is 12.5. The highest BCUT2D eigenvalue weighted by Gasteiger charge is 2.26. The summed E-state index contributed by atoms with van der Waals surface area (Å²) in [7, 11) is -4.60. The molecule has 3 N–H and O–H groups in total. The summed E-state index contributed by atoms with van der Waals surface area (Å²) in [5.41, 5.74) is 5.29. The van der Waals surface area contributed by atoms with E-state index in [0.29, 0.717) is 6.42 Å². The summed E-state index contributed by atoms with van der Waals surface area (Å²) in [6.45, 7) is 1.96. The average Bonchev–Trinajstić information content (AvgIpc) is 3.06. The minimum Gasteiger partial charge on any atom is -0.462 e. The van der Waals surface area contributed by atoms with Gasteiger partial charge < -0.3 is 20.1 Å². The minimum atomic E-state index is -4.60. The zero-order valence-electron chi connectivity index (χ0n) is 31.4. The molecule has 0 radical (unpaired) electrons. The van der Waals surface area contributed by atoms with Crippen molar-refractivity contribution in [1.29, 1.82) is 0 Å². The van der Waals surface area contributed by atoms with Crippen LogP contribution in [0.5, 0.6) is 0 Å². The molecule has 0 bridgehead atoms. The molecule has 0 saturated heterocycles. The topological polar surface area (TPSA) is 134 Å². The van der Waals surface area contributed by atoms with E-state index >= 15 is 0 Å². The van der Waals surface area contributed by atoms with Crippen LogP contribution in [-0.4, -0.2) is 49.3 Å². The lowest BCUT2D eigenvalue weighted by Gasteiger charge is -2.19. The smallest absolute Gasteiger partial charge is 0.462 e. The molecule has 0 rings (SSSR count). The minimum absolute atomic E-state index is 0.205. The van der Waals surface area contributed by atoms with Crippen molar-refractivity contribution in [3.63, 3.8) is 0 Å².